The molecule has 2 heterocycles. The number of benzene rings is 4. The van der Waals surface area contributed by atoms with Gasteiger partial charge >= 0.3 is 0 Å². The monoisotopic (exact) mass is 603 g/mol. The van der Waals surface area contributed by atoms with Crippen LogP contribution in [0.2, 0.25) is 0 Å². The van der Waals surface area contributed by atoms with Gasteiger partial charge in [0.1, 0.15) is 0 Å². The van der Waals surface area contributed by atoms with Crippen LogP contribution in [0.1, 0.15) is 75.1 Å². The van der Waals surface area contributed by atoms with Crippen LogP contribution in [0.15, 0.2) is 134 Å². The predicted molar refractivity (Wildman–Crippen MR) is 192 cm³/mol. The Kier molecular flexibility index (Phi) is 7.01. The van der Waals surface area contributed by atoms with Crippen LogP contribution >= 0.6 is 0 Å². The Balaban J connectivity index is 1.57. The third kappa shape index (κ3) is 4.28. The standard InChI is InChI=1S/C43H45N3/c1-40(2,3)43(41(4,5)6,39-24-12-13-25-44-39)33-18-14-16-31(28-33)42(32-17-15-19-34(29-32)46-27-26-45(7)30-46)37-22-10-8-20-35(37)36-21-9-11-23-38(36)42/h8-29H,30H2,1-7H3. The molecule has 3 heteroatoms. The third-order valence-electron chi connectivity index (χ3n) is 10.5. The molecule has 0 fully saturated rings. The first-order valence-electron chi connectivity index (χ1n) is 16.5. The average Bonchev–Trinajstić information content (AvgIpc) is 3.61. The summed E-state index contributed by atoms with van der Waals surface area (Å²) < 4.78 is 0. The van der Waals surface area contributed by atoms with Crippen molar-refractivity contribution >= 4 is 5.69 Å². The molecule has 5 aromatic rings. The van der Waals surface area contributed by atoms with Gasteiger partial charge < -0.3 is 9.80 Å². The molecule has 0 saturated heterocycles. The molecule has 0 N–H and O–H groups in total. The summed E-state index contributed by atoms with van der Waals surface area (Å²) in [4.78, 5) is 9.62. The first kappa shape index (κ1) is 30.0. The molecule has 1 aliphatic carbocycles. The summed E-state index contributed by atoms with van der Waals surface area (Å²) >= 11 is 0. The van der Waals surface area contributed by atoms with E-state index in [9.17, 15) is 0 Å². The van der Waals surface area contributed by atoms with Crippen LogP contribution in [0.25, 0.3) is 11.1 Å². The molecule has 0 radical (unpaired) electrons. The van der Waals surface area contributed by atoms with Crippen LogP contribution in [0.5, 0.6) is 0 Å². The Bertz CT molecular complexity index is 1860. The molecule has 1 aromatic heterocycles. The van der Waals surface area contributed by atoms with Gasteiger partial charge in [-0.1, -0.05) is 133 Å². The minimum Gasteiger partial charge on any atom is -0.361 e. The number of nitrogens with zero attached hydrogens (tertiary/aromatic N) is 3. The lowest BCUT2D eigenvalue weighted by Crippen LogP contribution is -2.52. The smallest absolute Gasteiger partial charge is 0.0938 e. The van der Waals surface area contributed by atoms with Crippen molar-refractivity contribution in [1.82, 2.24) is 9.88 Å². The van der Waals surface area contributed by atoms with E-state index in [1.165, 1.54) is 44.6 Å². The number of anilines is 1. The van der Waals surface area contributed by atoms with Gasteiger partial charge in [0.2, 0.25) is 0 Å². The van der Waals surface area contributed by atoms with Crippen LogP contribution in [0, 0.1) is 10.8 Å². The Morgan fingerprint density at radius 2 is 1.20 bits per heavy atom. The molecule has 4 aromatic carbocycles. The van der Waals surface area contributed by atoms with E-state index in [-0.39, 0.29) is 16.2 Å². The molecule has 0 saturated carbocycles. The summed E-state index contributed by atoms with van der Waals surface area (Å²) in [7, 11) is 2.12. The van der Waals surface area contributed by atoms with Crippen molar-refractivity contribution in [2.45, 2.75) is 52.4 Å². The fourth-order valence-corrected chi connectivity index (χ4v) is 9.12. The van der Waals surface area contributed by atoms with Gasteiger partial charge in [0.05, 0.1) is 17.8 Å². The molecule has 46 heavy (non-hydrogen) atoms. The van der Waals surface area contributed by atoms with E-state index >= 15 is 0 Å². The second-order valence-electron chi connectivity index (χ2n) is 15.1. The topological polar surface area (TPSA) is 19.4 Å². The number of fused-ring (bicyclic) bond motifs is 3. The van der Waals surface area contributed by atoms with Gasteiger partial charge in [-0.15, -0.1) is 0 Å². The maximum atomic E-state index is 5.08. The number of aromatic nitrogens is 1. The third-order valence-corrected chi connectivity index (χ3v) is 10.5. The maximum absolute atomic E-state index is 5.08. The van der Waals surface area contributed by atoms with E-state index in [2.05, 4.69) is 180 Å². The number of hydrogen-bond donors (Lipinski definition) is 0. The molecule has 2 aliphatic rings. The van der Waals surface area contributed by atoms with Gasteiger partial charge in [-0.25, -0.2) is 0 Å². The largest absolute Gasteiger partial charge is 0.361 e. The Morgan fingerprint density at radius 1 is 0.609 bits per heavy atom. The molecule has 0 unspecified atom stereocenters. The van der Waals surface area contributed by atoms with E-state index in [1.54, 1.807) is 0 Å². The lowest BCUT2D eigenvalue weighted by atomic mass is 9.49. The highest BCUT2D eigenvalue weighted by molar-refractivity contribution is 5.86. The molecular weight excluding hydrogens is 558 g/mol. The van der Waals surface area contributed by atoms with Crippen molar-refractivity contribution in [2.24, 2.45) is 10.8 Å². The van der Waals surface area contributed by atoms with Crippen LogP contribution in [-0.4, -0.2) is 23.6 Å². The second-order valence-corrected chi connectivity index (χ2v) is 15.1. The van der Waals surface area contributed by atoms with Gasteiger partial charge in [0.25, 0.3) is 0 Å². The molecule has 3 nitrogen and oxygen atoms in total. The zero-order valence-corrected chi connectivity index (χ0v) is 28.3. The summed E-state index contributed by atoms with van der Waals surface area (Å²) in [5.41, 5.74) is 10.3. The summed E-state index contributed by atoms with van der Waals surface area (Å²) in [5.74, 6) is 0. The SMILES string of the molecule is CN1C=CN(c2cccc(C3(c4cccc(C(c5ccccn5)(C(C)(C)C)C(C)(C)C)c4)c4ccccc4-c4ccccc43)c2)C1. The van der Waals surface area contributed by atoms with E-state index in [0.29, 0.717) is 0 Å². The van der Waals surface area contributed by atoms with E-state index in [1.807, 2.05) is 12.3 Å². The van der Waals surface area contributed by atoms with Crippen LogP contribution in [-0.2, 0) is 10.8 Å². The Morgan fingerprint density at radius 3 is 1.76 bits per heavy atom. The van der Waals surface area contributed by atoms with Gasteiger partial charge in [-0.2, -0.15) is 0 Å². The van der Waals surface area contributed by atoms with Crippen LogP contribution < -0.4 is 4.90 Å². The molecule has 0 spiro atoms. The first-order valence-corrected chi connectivity index (χ1v) is 16.5. The maximum Gasteiger partial charge on any atom is 0.0938 e. The summed E-state index contributed by atoms with van der Waals surface area (Å²) in [6.07, 6.45) is 6.27. The van der Waals surface area contributed by atoms with Crippen molar-refractivity contribution in [2.75, 3.05) is 18.6 Å². The van der Waals surface area contributed by atoms with Gasteiger partial charge in [-0.05, 0) is 74.0 Å². The van der Waals surface area contributed by atoms with E-state index in [0.717, 1.165) is 12.4 Å². The molecule has 0 atom stereocenters. The summed E-state index contributed by atoms with van der Waals surface area (Å²) in [6.45, 7) is 15.1. The van der Waals surface area contributed by atoms with Crippen molar-refractivity contribution in [3.63, 3.8) is 0 Å². The van der Waals surface area contributed by atoms with Gasteiger partial charge in [0, 0.05) is 36.7 Å². The predicted octanol–water partition coefficient (Wildman–Crippen LogP) is 10.0. The normalized spacial score (nSPS) is 15.6. The van der Waals surface area contributed by atoms with Crippen molar-refractivity contribution in [1.29, 1.82) is 0 Å². The van der Waals surface area contributed by atoms with E-state index < -0.39 is 5.41 Å². The quantitative estimate of drug-likeness (QED) is 0.195. The molecule has 7 rings (SSSR count). The number of pyridine rings is 1. The minimum atomic E-state index is -0.500. The second kappa shape index (κ2) is 10.7. The Labute approximate surface area is 275 Å². The zero-order chi connectivity index (χ0) is 32.3. The van der Waals surface area contributed by atoms with Gasteiger partial charge in [0.15, 0.2) is 0 Å². The highest BCUT2D eigenvalue weighted by Crippen LogP contribution is 2.60. The van der Waals surface area contributed by atoms with Crippen molar-refractivity contribution < 1.29 is 0 Å². The van der Waals surface area contributed by atoms with Crippen LogP contribution in [0.3, 0.4) is 0 Å². The molecule has 232 valence electrons. The minimum absolute atomic E-state index is 0.134. The molecule has 0 bridgehead atoms. The number of hydrogen-bond acceptors (Lipinski definition) is 3. The first-order chi connectivity index (χ1) is 22.0. The molecule has 1 aliphatic heterocycles. The lowest BCUT2D eigenvalue weighted by molar-refractivity contribution is 0.0864. The fourth-order valence-electron chi connectivity index (χ4n) is 9.12. The summed E-state index contributed by atoms with van der Waals surface area (Å²) in [5, 5.41) is 0. The molecule has 0 amide bonds. The zero-order valence-electron chi connectivity index (χ0n) is 28.3. The highest BCUT2D eigenvalue weighted by Gasteiger charge is 2.55. The highest BCUT2D eigenvalue weighted by atomic mass is 15.3. The van der Waals surface area contributed by atoms with Crippen LogP contribution in [0.4, 0.5) is 5.69 Å². The lowest BCUT2D eigenvalue weighted by Gasteiger charge is -2.54. The van der Waals surface area contributed by atoms with Crippen molar-refractivity contribution in [3.05, 3.63) is 167 Å². The fraction of sp³-hybridized carbons (Fsp3) is 0.279. The average molecular weight is 604 g/mol. The molecular formula is C43H45N3. The van der Waals surface area contributed by atoms with Crippen molar-refractivity contribution in [3.8, 4) is 11.1 Å². The Hall–Kier alpha value is -4.63. The number of rotatable bonds is 5. The van der Waals surface area contributed by atoms with Gasteiger partial charge in [-0.3, -0.25) is 4.98 Å². The summed E-state index contributed by atoms with van der Waals surface area (Å²) in [6, 6.07) is 43.1. The van der Waals surface area contributed by atoms with E-state index in [4.69, 9.17) is 4.98 Å².